The van der Waals surface area contributed by atoms with Crippen molar-refractivity contribution in [2.75, 3.05) is 38.1 Å². The second-order valence-electron chi connectivity index (χ2n) is 9.34. The van der Waals surface area contributed by atoms with E-state index in [9.17, 15) is 9.59 Å². The molecule has 1 aliphatic carbocycles. The summed E-state index contributed by atoms with van der Waals surface area (Å²) >= 11 is 0. The van der Waals surface area contributed by atoms with Crippen molar-refractivity contribution in [3.05, 3.63) is 29.3 Å². The van der Waals surface area contributed by atoms with Gasteiger partial charge in [-0.2, -0.15) is 0 Å². The van der Waals surface area contributed by atoms with E-state index in [4.69, 9.17) is 5.11 Å². The van der Waals surface area contributed by atoms with E-state index in [1.165, 1.54) is 11.1 Å². The number of anilines is 1. The third kappa shape index (κ3) is 5.72. The molecule has 1 N–H and O–H groups in total. The summed E-state index contributed by atoms with van der Waals surface area (Å²) in [4.78, 5) is 30.4. The number of likely N-dealkylation sites (N-methyl/N-ethyl adjacent to an activating group) is 1. The van der Waals surface area contributed by atoms with Crippen LogP contribution in [0, 0.1) is 5.92 Å². The molecule has 0 atom stereocenters. The molecule has 172 valence electrons. The molecular formula is C24H36ClN3O3. The van der Waals surface area contributed by atoms with Crippen molar-refractivity contribution >= 4 is 30.1 Å². The van der Waals surface area contributed by atoms with Gasteiger partial charge in [-0.1, -0.05) is 6.07 Å². The van der Waals surface area contributed by atoms with E-state index in [0.717, 1.165) is 83.2 Å². The minimum Gasteiger partial charge on any atom is -0.481 e. The largest absolute Gasteiger partial charge is 0.481 e. The number of rotatable bonds is 5. The van der Waals surface area contributed by atoms with Gasteiger partial charge >= 0.3 is 12.0 Å². The monoisotopic (exact) mass is 449 g/mol. The second kappa shape index (κ2) is 10.7. The minimum absolute atomic E-state index is 0. The Morgan fingerprint density at radius 3 is 2.55 bits per heavy atom. The predicted molar refractivity (Wildman–Crippen MR) is 125 cm³/mol. The predicted octanol–water partition coefficient (Wildman–Crippen LogP) is 4.19. The molecular weight excluding hydrogens is 414 g/mol. The Hall–Kier alpha value is -1.79. The normalized spacial score (nSPS) is 24.9. The van der Waals surface area contributed by atoms with E-state index in [1.807, 2.05) is 4.90 Å². The van der Waals surface area contributed by atoms with Gasteiger partial charge < -0.3 is 14.9 Å². The molecule has 0 radical (unpaired) electrons. The fourth-order valence-electron chi connectivity index (χ4n) is 5.42. The summed E-state index contributed by atoms with van der Waals surface area (Å²) < 4.78 is 0. The first-order chi connectivity index (χ1) is 14.5. The Morgan fingerprint density at radius 1 is 1.03 bits per heavy atom. The maximum Gasteiger partial charge on any atom is 0.324 e. The standard InChI is InChI=1S/C24H35N3O3.ClH/c1-25-13-2-3-20-17-22(10-7-19(20)12-14-25)27-16-15-26(24(27)30)21-8-4-18(5-9-21)6-11-23(28)29;/h7,10,17-18,21H,2-6,8-9,11-16H2,1H3,(H,28,29);1H/t18-,21-;. The van der Waals surface area contributed by atoms with E-state index in [0.29, 0.717) is 12.0 Å². The van der Waals surface area contributed by atoms with Crippen LogP contribution >= 0.6 is 12.4 Å². The first-order valence-corrected chi connectivity index (χ1v) is 11.6. The zero-order valence-electron chi connectivity index (χ0n) is 18.6. The number of benzene rings is 1. The molecule has 2 heterocycles. The van der Waals surface area contributed by atoms with E-state index in [2.05, 4.69) is 35.0 Å². The van der Waals surface area contributed by atoms with Crippen LogP contribution in [0.1, 0.15) is 56.1 Å². The number of urea groups is 1. The maximum atomic E-state index is 13.2. The highest BCUT2D eigenvalue weighted by atomic mass is 35.5. The molecule has 0 bridgehead atoms. The lowest BCUT2D eigenvalue weighted by atomic mass is 9.83. The van der Waals surface area contributed by atoms with Gasteiger partial charge in [0.2, 0.25) is 0 Å². The SMILES string of the molecule is CN1CCCc2cc(N3CCN([C@H]4CC[C@H](CCC(=O)O)CC4)C3=O)ccc2CC1.Cl. The number of aliphatic carboxylic acids is 1. The number of carbonyl (C=O) groups excluding carboxylic acids is 1. The number of carbonyl (C=O) groups is 2. The fraction of sp³-hybridized carbons (Fsp3) is 0.667. The Kier molecular flexibility index (Phi) is 8.23. The van der Waals surface area contributed by atoms with Crippen LogP contribution in [-0.2, 0) is 17.6 Å². The molecule has 3 aliphatic rings. The smallest absolute Gasteiger partial charge is 0.324 e. The molecule has 2 aliphatic heterocycles. The van der Waals surface area contributed by atoms with Gasteiger partial charge in [0.25, 0.3) is 0 Å². The van der Waals surface area contributed by atoms with Crippen LogP contribution in [0.2, 0.25) is 0 Å². The molecule has 31 heavy (non-hydrogen) atoms. The molecule has 1 aromatic carbocycles. The van der Waals surface area contributed by atoms with E-state index in [1.54, 1.807) is 0 Å². The summed E-state index contributed by atoms with van der Waals surface area (Å²) in [6, 6.07) is 7.07. The van der Waals surface area contributed by atoms with Crippen LogP contribution in [0.3, 0.4) is 0 Å². The number of carboxylic acids is 1. The summed E-state index contributed by atoms with van der Waals surface area (Å²) in [5.74, 6) is -0.204. The maximum absolute atomic E-state index is 13.2. The zero-order valence-corrected chi connectivity index (χ0v) is 19.4. The average Bonchev–Trinajstić information content (AvgIpc) is 3.11. The summed E-state index contributed by atoms with van der Waals surface area (Å²) in [7, 11) is 2.19. The molecule has 1 saturated carbocycles. The lowest BCUT2D eigenvalue weighted by molar-refractivity contribution is -0.137. The van der Waals surface area contributed by atoms with Crippen LogP contribution < -0.4 is 4.90 Å². The van der Waals surface area contributed by atoms with Gasteiger partial charge in [-0.15, -0.1) is 12.4 Å². The summed E-state index contributed by atoms with van der Waals surface area (Å²) in [5.41, 5.74) is 3.88. The minimum atomic E-state index is -0.703. The highest BCUT2D eigenvalue weighted by molar-refractivity contribution is 5.94. The van der Waals surface area contributed by atoms with Crippen molar-refractivity contribution < 1.29 is 14.7 Å². The number of nitrogens with zero attached hydrogens (tertiary/aromatic N) is 3. The number of halogens is 1. The van der Waals surface area contributed by atoms with Crippen molar-refractivity contribution in [2.45, 2.75) is 63.8 Å². The van der Waals surface area contributed by atoms with Gasteiger partial charge in [0.1, 0.15) is 0 Å². The van der Waals surface area contributed by atoms with Crippen LogP contribution in [0.4, 0.5) is 10.5 Å². The fourth-order valence-corrected chi connectivity index (χ4v) is 5.42. The molecule has 4 rings (SSSR count). The molecule has 7 heteroatoms. The Balaban J connectivity index is 0.00000272. The lowest BCUT2D eigenvalue weighted by Crippen LogP contribution is -2.41. The quantitative estimate of drug-likeness (QED) is 0.731. The molecule has 2 fully saturated rings. The molecule has 2 amide bonds. The number of fused-ring (bicyclic) bond motifs is 1. The third-order valence-corrected chi connectivity index (χ3v) is 7.31. The average molecular weight is 450 g/mol. The Labute approximate surface area is 192 Å². The highest BCUT2D eigenvalue weighted by Crippen LogP contribution is 2.33. The molecule has 0 unspecified atom stereocenters. The molecule has 1 aromatic rings. The highest BCUT2D eigenvalue weighted by Gasteiger charge is 2.36. The van der Waals surface area contributed by atoms with Crippen LogP contribution in [0.25, 0.3) is 0 Å². The van der Waals surface area contributed by atoms with Gasteiger partial charge in [-0.05, 0) is 94.1 Å². The van der Waals surface area contributed by atoms with Crippen LogP contribution in [0.5, 0.6) is 0 Å². The second-order valence-corrected chi connectivity index (χ2v) is 9.34. The molecule has 1 saturated heterocycles. The summed E-state index contributed by atoms with van der Waals surface area (Å²) in [6.45, 7) is 3.79. The van der Waals surface area contributed by atoms with Crippen molar-refractivity contribution in [3.8, 4) is 0 Å². The Bertz CT molecular complexity index is 779. The summed E-state index contributed by atoms with van der Waals surface area (Å²) in [6.07, 6.45) is 8.44. The van der Waals surface area contributed by atoms with E-state index >= 15 is 0 Å². The van der Waals surface area contributed by atoms with Gasteiger partial charge in [0.05, 0.1) is 0 Å². The third-order valence-electron chi connectivity index (χ3n) is 7.31. The lowest BCUT2D eigenvalue weighted by Gasteiger charge is -2.34. The van der Waals surface area contributed by atoms with Crippen molar-refractivity contribution in [1.82, 2.24) is 9.80 Å². The number of carboxylic acid groups (broad SMARTS) is 1. The van der Waals surface area contributed by atoms with Gasteiger partial charge in [0.15, 0.2) is 0 Å². The van der Waals surface area contributed by atoms with Crippen LogP contribution in [-0.4, -0.2) is 66.2 Å². The number of aryl methyl sites for hydroxylation is 1. The van der Waals surface area contributed by atoms with Gasteiger partial charge in [-0.3, -0.25) is 9.69 Å². The first-order valence-electron chi connectivity index (χ1n) is 11.6. The number of amides is 2. The van der Waals surface area contributed by atoms with Crippen molar-refractivity contribution in [2.24, 2.45) is 5.92 Å². The first kappa shape index (κ1) is 23.9. The Morgan fingerprint density at radius 2 is 1.81 bits per heavy atom. The number of hydrogen-bond donors (Lipinski definition) is 1. The molecule has 0 aromatic heterocycles. The van der Waals surface area contributed by atoms with Crippen molar-refractivity contribution in [3.63, 3.8) is 0 Å². The number of hydrogen-bond acceptors (Lipinski definition) is 3. The topological polar surface area (TPSA) is 64.1 Å². The summed E-state index contributed by atoms with van der Waals surface area (Å²) in [5, 5.41) is 8.90. The molecule has 0 spiro atoms. The van der Waals surface area contributed by atoms with Gasteiger partial charge in [0, 0.05) is 37.8 Å². The van der Waals surface area contributed by atoms with Crippen molar-refractivity contribution in [1.29, 1.82) is 0 Å². The molecule has 6 nitrogen and oxygen atoms in total. The van der Waals surface area contributed by atoms with E-state index < -0.39 is 5.97 Å². The van der Waals surface area contributed by atoms with Crippen LogP contribution in [0.15, 0.2) is 18.2 Å². The van der Waals surface area contributed by atoms with Gasteiger partial charge in [-0.25, -0.2) is 4.79 Å². The zero-order chi connectivity index (χ0) is 21.1. The van der Waals surface area contributed by atoms with E-state index in [-0.39, 0.29) is 24.9 Å².